The highest BCUT2D eigenvalue weighted by Gasteiger charge is 2.11. The zero-order chi connectivity index (χ0) is 16.2. The summed E-state index contributed by atoms with van der Waals surface area (Å²) in [7, 11) is 0. The normalized spacial score (nSPS) is 10.9. The van der Waals surface area contributed by atoms with Crippen LogP contribution in [0, 0.1) is 0 Å². The molecule has 118 valence electrons. The fourth-order valence-electron chi connectivity index (χ4n) is 2.81. The van der Waals surface area contributed by atoms with Crippen molar-refractivity contribution in [1.29, 1.82) is 0 Å². The van der Waals surface area contributed by atoms with Crippen molar-refractivity contribution in [2.75, 3.05) is 6.54 Å². The van der Waals surface area contributed by atoms with Crippen LogP contribution in [0.1, 0.15) is 18.1 Å². The predicted molar refractivity (Wildman–Crippen MR) is 94.9 cm³/mol. The molecule has 0 fully saturated rings. The zero-order valence-electron chi connectivity index (χ0n) is 13.1. The van der Waals surface area contributed by atoms with Crippen LogP contribution < -0.4 is 5.32 Å². The van der Waals surface area contributed by atoms with Gasteiger partial charge in [0.25, 0.3) is 0 Å². The van der Waals surface area contributed by atoms with Crippen molar-refractivity contribution in [3.8, 4) is 0 Å². The molecular formula is C19H19ClN2O. The Kier molecular flexibility index (Phi) is 4.68. The largest absolute Gasteiger partial charge is 0.356 e. The summed E-state index contributed by atoms with van der Waals surface area (Å²) in [5.74, 6) is 0.0573. The van der Waals surface area contributed by atoms with Gasteiger partial charge < -0.3 is 9.88 Å². The Bertz CT molecular complexity index is 821. The fourth-order valence-corrected chi connectivity index (χ4v) is 2.94. The Morgan fingerprint density at radius 2 is 1.87 bits per heavy atom. The van der Waals surface area contributed by atoms with Gasteiger partial charge in [0, 0.05) is 35.2 Å². The average Bonchev–Trinajstić information content (AvgIpc) is 2.88. The van der Waals surface area contributed by atoms with E-state index in [1.54, 1.807) is 0 Å². The van der Waals surface area contributed by atoms with E-state index in [1.807, 2.05) is 43.3 Å². The molecule has 3 rings (SSSR count). The fraction of sp³-hybridized carbons (Fsp3) is 0.211. The lowest BCUT2D eigenvalue weighted by atomic mass is 10.1. The van der Waals surface area contributed by atoms with E-state index in [1.165, 1.54) is 5.56 Å². The first kappa shape index (κ1) is 15.6. The van der Waals surface area contributed by atoms with E-state index in [9.17, 15) is 4.79 Å². The molecule has 0 aliphatic rings. The van der Waals surface area contributed by atoms with Gasteiger partial charge in [-0.05, 0) is 36.2 Å². The molecule has 3 nitrogen and oxygen atoms in total. The van der Waals surface area contributed by atoms with Crippen molar-refractivity contribution >= 4 is 28.4 Å². The number of fused-ring (bicyclic) bond motifs is 1. The van der Waals surface area contributed by atoms with Gasteiger partial charge in [-0.2, -0.15) is 0 Å². The van der Waals surface area contributed by atoms with Crippen molar-refractivity contribution in [3.05, 3.63) is 70.9 Å². The lowest BCUT2D eigenvalue weighted by molar-refractivity contribution is -0.120. The summed E-state index contributed by atoms with van der Waals surface area (Å²) in [5.41, 5.74) is 3.38. The minimum atomic E-state index is 0.0573. The molecule has 0 saturated carbocycles. The number of hydrogen-bond donors (Lipinski definition) is 1. The van der Waals surface area contributed by atoms with E-state index >= 15 is 0 Å². The Labute approximate surface area is 140 Å². The lowest BCUT2D eigenvalue weighted by Crippen LogP contribution is -2.24. The average molecular weight is 327 g/mol. The second-order valence-corrected chi connectivity index (χ2v) is 5.99. The summed E-state index contributed by atoms with van der Waals surface area (Å²) < 4.78 is 2.19. The van der Waals surface area contributed by atoms with Crippen molar-refractivity contribution < 1.29 is 4.79 Å². The molecule has 0 spiro atoms. The summed E-state index contributed by atoms with van der Waals surface area (Å²) in [5, 5.41) is 4.73. The maximum absolute atomic E-state index is 11.9. The summed E-state index contributed by atoms with van der Waals surface area (Å²) in [6, 6.07) is 16.1. The van der Waals surface area contributed by atoms with Crippen LogP contribution in [0.2, 0.25) is 5.02 Å². The second-order valence-electron chi connectivity index (χ2n) is 5.56. The summed E-state index contributed by atoms with van der Waals surface area (Å²) in [6.07, 6.45) is 2.48. The predicted octanol–water partition coefficient (Wildman–Crippen LogP) is 4.02. The van der Waals surface area contributed by atoms with Crippen LogP contribution in [0.25, 0.3) is 10.9 Å². The second kappa shape index (κ2) is 6.88. The highest BCUT2D eigenvalue weighted by Crippen LogP contribution is 2.23. The zero-order valence-corrected chi connectivity index (χ0v) is 13.8. The van der Waals surface area contributed by atoms with Gasteiger partial charge in [0.2, 0.25) is 5.91 Å². The molecule has 4 heteroatoms. The molecule has 0 aliphatic carbocycles. The Hall–Kier alpha value is -2.26. The molecule has 0 bridgehead atoms. The molecule has 1 heterocycles. The molecule has 23 heavy (non-hydrogen) atoms. The maximum Gasteiger partial charge on any atom is 0.224 e. The topological polar surface area (TPSA) is 34.0 Å². The number of nitrogens with zero attached hydrogens (tertiary/aromatic N) is 1. The minimum absolute atomic E-state index is 0.0573. The van der Waals surface area contributed by atoms with Crippen LogP contribution >= 0.6 is 11.6 Å². The van der Waals surface area contributed by atoms with E-state index in [0.717, 1.165) is 28.0 Å². The first-order valence-electron chi connectivity index (χ1n) is 7.75. The van der Waals surface area contributed by atoms with Crippen LogP contribution in [0.4, 0.5) is 0 Å². The number of amides is 1. The van der Waals surface area contributed by atoms with Crippen LogP contribution in [-0.4, -0.2) is 17.0 Å². The molecule has 0 radical (unpaired) electrons. The number of nitrogens with one attached hydrogen (secondary N) is 1. The molecule has 3 aromatic rings. The number of aromatic nitrogens is 1. The monoisotopic (exact) mass is 326 g/mol. The molecule has 0 unspecified atom stereocenters. The first-order chi connectivity index (χ1) is 11.2. The Balaban J connectivity index is 1.94. The molecular weight excluding hydrogens is 308 g/mol. The number of rotatable bonds is 5. The summed E-state index contributed by atoms with van der Waals surface area (Å²) in [4.78, 5) is 11.9. The number of halogens is 1. The number of hydrogen-bond acceptors (Lipinski definition) is 1. The molecule has 0 aliphatic heterocycles. The van der Waals surface area contributed by atoms with E-state index in [-0.39, 0.29) is 5.91 Å². The first-order valence-corrected chi connectivity index (χ1v) is 8.13. The van der Waals surface area contributed by atoms with Gasteiger partial charge in [-0.3, -0.25) is 4.79 Å². The van der Waals surface area contributed by atoms with E-state index in [0.29, 0.717) is 13.0 Å². The minimum Gasteiger partial charge on any atom is -0.356 e. The van der Waals surface area contributed by atoms with Crippen LogP contribution in [-0.2, 0) is 17.8 Å². The number of carbonyl (C=O) groups excluding carboxylic acids is 1. The molecule has 0 saturated heterocycles. The third kappa shape index (κ3) is 3.57. The quantitative estimate of drug-likeness (QED) is 0.755. The van der Waals surface area contributed by atoms with Crippen molar-refractivity contribution in [1.82, 2.24) is 9.88 Å². The van der Waals surface area contributed by atoms with Gasteiger partial charge >= 0.3 is 0 Å². The van der Waals surface area contributed by atoms with Crippen molar-refractivity contribution in [2.24, 2.45) is 0 Å². The Morgan fingerprint density at radius 3 is 2.61 bits per heavy atom. The van der Waals surface area contributed by atoms with Gasteiger partial charge in [0.1, 0.15) is 0 Å². The number of benzene rings is 2. The van der Waals surface area contributed by atoms with Crippen LogP contribution in [0.15, 0.2) is 54.7 Å². The Morgan fingerprint density at radius 1 is 1.13 bits per heavy atom. The van der Waals surface area contributed by atoms with Gasteiger partial charge in [-0.25, -0.2) is 0 Å². The van der Waals surface area contributed by atoms with Crippen molar-refractivity contribution in [3.63, 3.8) is 0 Å². The molecule has 1 aromatic heterocycles. The lowest BCUT2D eigenvalue weighted by Gasteiger charge is -2.05. The third-order valence-corrected chi connectivity index (χ3v) is 4.11. The van der Waals surface area contributed by atoms with Gasteiger partial charge in [-0.1, -0.05) is 41.9 Å². The molecule has 1 N–H and O–H groups in total. The third-order valence-electron chi connectivity index (χ3n) is 3.86. The van der Waals surface area contributed by atoms with Gasteiger partial charge in [0.05, 0.1) is 6.42 Å². The summed E-state index contributed by atoms with van der Waals surface area (Å²) in [6.45, 7) is 3.34. The molecule has 0 atom stereocenters. The smallest absolute Gasteiger partial charge is 0.224 e. The van der Waals surface area contributed by atoms with Gasteiger partial charge in [0.15, 0.2) is 0 Å². The number of likely N-dealkylation sites (N-methyl/N-ethyl adjacent to an activating group) is 1. The SMILES string of the molecule is CCNC(=O)Cc1cn(Cc2ccc(Cl)cc2)c2ccccc12. The maximum atomic E-state index is 11.9. The molecule has 2 aromatic carbocycles. The van der Waals surface area contributed by atoms with Crippen LogP contribution in [0.3, 0.4) is 0 Å². The van der Waals surface area contributed by atoms with Gasteiger partial charge in [-0.15, -0.1) is 0 Å². The van der Waals surface area contributed by atoms with Crippen LogP contribution in [0.5, 0.6) is 0 Å². The highest BCUT2D eigenvalue weighted by molar-refractivity contribution is 6.30. The van der Waals surface area contributed by atoms with E-state index < -0.39 is 0 Å². The van der Waals surface area contributed by atoms with E-state index in [4.69, 9.17) is 11.6 Å². The van der Waals surface area contributed by atoms with Crippen molar-refractivity contribution in [2.45, 2.75) is 19.9 Å². The molecule has 1 amide bonds. The standard InChI is InChI=1S/C19H19ClN2O/c1-2-21-19(23)11-15-13-22(18-6-4-3-5-17(15)18)12-14-7-9-16(20)10-8-14/h3-10,13H,2,11-12H2,1H3,(H,21,23). The van der Waals surface area contributed by atoms with E-state index in [2.05, 4.69) is 28.2 Å². The highest BCUT2D eigenvalue weighted by atomic mass is 35.5. The summed E-state index contributed by atoms with van der Waals surface area (Å²) >= 11 is 5.95. The number of para-hydroxylation sites is 1. The number of carbonyl (C=O) groups is 1.